The quantitative estimate of drug-likeness (QED) is 0.314. The van der Waals surface area contributed by atoms with Gasteiger partial charge < -0.3 is 10.6 Å². The minimum atomic E-state index is -1.45. The molecule has 7 rings (SSSR count). The van der Waals surface area contributed by atoms with Gasteiger partial charge in [0.1, 0.15) is 11.0 Å². The zero-order chi connectivity index (χ0) is 26.4. The number of non-ortho nitro benzene ring substituents is 1. The van der Waals surface area contributed by atoms with Gasteiger partial charge >= 0.3 is 0 Å². The molecule has 2 spiro atoms. The highest BCUT2D eigenvalue weighted by molar-refractivity contribution is 6.19. The van der Waals surface area contributed by atoms with E-state index >= 15 is 0 Å². The van der Waals surface area contributed by atoms with Crippen molar-refractivity contribution in [3.8, 4) is 0 Å². The Labute approximate surface area is 218 Å². The van der Waals surface area contributed by atoms with Gasteiger partial charge in [-0.3, -0.25) is 29.4 Å². The second kappa shape index (κ2) is 7.58. The second-order valence-electron chi connectivity index (χ2n) is 10.5. The van der Waals surface area contributed by atoms with Crippen molar-refractivity contribution in [1.29, 1.82) is 0 Å². The van der Waals surface area contributed by atoms with Crippen LogP contribution in [0, 0.1) is 23.0 Å². The fraction of sp³-hybridized carbons (Fsp3) is 0.276. The van der Waals surface area contributed by atoms with Crippen molar-refractivity contribution in [2.45, 2.75) is 36.8 Å². The Kier molecular flexibility index (Phi) is 4.55. The predicted octanol–water partition coefficient (Wildman–Crippen LogP) is 3.92. The van der Waals surface area contributed by atoms with Crippen molar-refractivity contribution in [2.75, 3.05) is 17.2 Å². The lowest BCUT2D eigenvalue weighted by Gasteiger charge is -2.38. The number of hydrogen-bond acceptors (Lipinski definition) is 6. The summed E-state index contributed by atoms with van der Waals surface area (Å²) >= 11 is 0. The molecule has 4 aliphatic heterocycles. The number of rotatable bonds is 3. The third-order valence-electron chi connectivity index (χ3n) is 8.97. The summed E-state index contributed by atoms with van der Waals surface area (Å²) in [6.45, 7) is 2.45. The number of nitrogens with one attached hydrogen (secondary N) is 2. The van der Waals surface area contributed by atoms with Gasteiger partial charge in [0.25, 0.3) is 5.69 Å². The van der Waals surface area contributed by atoms with Gasteiger partial charge in [-0.2, -0.15) is 0 Å². The van der Waals surface area contributed by atoms with Crippen LogP contribution in [-0.4, -0.2) is 40.0 Å². The molecule has 9 nitrogen and oxygen atoms in total. The number of anilines is 2. The highest BCUT2D eigenvalue weighted by atomic mass is 16.6. The first-order valence-corrected chi connectivity index (χ1v) is 12.7. The third kappa shape index (κ3) is 2.51. The number of benzene rings is 3. The number of hydrogen-bond donors (Lipinski definition) is 2. The van der Waals surface area contributed by atoms with Gasteiger partial charge in [0.05, 0.1) is 10.8 Å². The number of aryl methyl sites for hydroxylation is 1. The molecule has 190 valence electrons. The van der Waals surface area contributed by atoms with E-state index in [0.29, 0.717) is 35.5 Å². The van der Waals surface area contributed by atoms with E-state index < -0.39 is 33.6 Å². The number of carbonyl (C=O) groups excluding carboxylic acids is 3. The molecule has 0 aliphatic carbocycles. The summed E-state index contributed by atoms with van der Waals surface area (Å²) in [6.07, 6.45) is 1.41. The van der Waals surface area contributed by atoms with Crippen LogP contribution in [0.5, 0.6) is 0 Å². The first kappa shape index (κ1) is 22.8. The van der Waals surface area contributed by atoms with Gasteiger partial charge in [-0.1, -0.05) is 48.5 Å². The number of ketones is 1. The van der Waals surface area contributed by atoms with E-state index in [1.807, 2.05) is 49.4 Å². The summed E-state index contributed by atoms with van der Waals surface area (Å²) in [6, 6.07) is 18.1. The number of carbonyl (C=O) groups is 3. The zero-order valence-electron chi connectivity index (χ0n) is 20.6. The predicted molar refractivity (Wildman–Crippen MR) is 139 cm³/mol. The zero-order valence-corrected chi connectivity index (χ0v) is 20.6. The van der Waals surface area contributed by atoms with Crippen molar-refractivity contribution in [2.24, 2.45) is 5.92 Å². The summed E-state index contributed by atoms with van der Waals surface area (Å²) in [4.78, 5) is 56.4. The number of fused-ring (bicyclic) bond motifs is 7. The Morgan fingerprint density at radius 3 is 2.58 bits per heavy atom. The molecule has 0 saturated carbocycles. The molecule has 4 aliphatic rings. The third-order valence-corrected chi connectivity index (χ3v) is 8.97. The molecule has 0 bridgehead atoms. The number of amides is 2. The Bertz CT molecular complexity index is 1600. The average molecular weight is 509 g/mol. The fourth-order valence-corrected chi connectivity index (χ4v) is 7.66. The van der Waals surface area contributed by atoms with Crippen molar-refractivity contribution in [1.82, 2.24) is 4.90 Å². The monoisotopic (exact) mass is 508 g/mol. The number of nitrogens with zero attached hydrogens (tertiary/aromatic N) is 2. The first-order valence-electron chi connectivity index (χ1n) is 12.7. The smallest absolute Gasteiger partial charge is 0.270 e. The molecule has 3 aromatic carbocycles. The number of Topliss-reactive ketones (excluding diaryl/α,β-unsaturated/α-hetero) is 1. The highest BCUT2D eigenvalue weighted by Crippen LogP contribution is 2.66. The van der Waals surface area contributed by atoms with Gasteiger partial charge in [0.2, 0.25) is 11.8 Å². The molecule has 3 aromatic rings. The lowest BCUT2D eigenvalue weighted by atomic mass is 9.60. The van der Waals surface area contributed by atoms with E-state index in [1.165, 1.54) is 24.3 Å². The van der Waals surface area contributed by atoms with Crippen molar-refractivity contribution in [3.63, 3.8) is 0 Å². The molecule has 2 amide bonds. The molecule has 4 atom stereocenters. The largest absolute Gasteiger partial charge is 0.325 e. The number of nitro groups is 1. The summed E-state index contributed by atoms with van der Waals surface area (Å²) in [5, 5.41) is 17.6. The Balaban J connectivity index is 1.58. The number of para-hydroxylation sites is 2. The van der Waals surface area contributed by atoms with Crippen LogP contribution in [0.1, 0.15) is 39.9 Å². The van der Waals surface area contributed by atoms with E-state index in [-0.39, 0.29) is 23.1 Å². The topological polar surface area (TPSA) is 122 Å². The van der Waals surface area contributed by atoms with Gasteiger partial charge in [0.15, 0.2) is 5.78 Å². The molecule has 0 unspecified atom stereocenters. The lowest BCUT2D eigenvalue weighted by molar-refractivity contribution is -0.384. The van der Waals surface area contributed by atoms with E-state index in [4.69, 9.17) is 0 Å². The molecular weight excluding hydrogens is 484 g/mol. The minimum Gasteiger partial charge on any atom is -0.325 e. The summed E-state index contributed by atoms with van der Waals surface area (Å²) in [5.74, 6) is -2.26. The van der Waals surface area contributed by atoms with E-state index in [0.717, 1.165) is 12.0 Å². The van der Waals surface area contributed by atoms with Crippen LogP contribution >= 0.6 is 0 Å². The van der Waals surface area contributed by atoms with Gasteiger partial charge in [0, 0.05) is 40.7 Å². The van der Waals surface area contributed by atoms with Crippen LogP contribution in [0.4, 0.5) is 17.1 Å². The molecule has 9 heteroatoms. The van der Waals surface area contributed by atoms with E-state index in [9.17, 15) is 24.5 Å². The van der Waals surface area contributed by atoms with Gasteiger partial charge in [-0.25, -0.2) is 0 Å². The second-order valence-corrected chi connectivity index (χ2v) is 10.5. The van der Waals surface area contributed by atoms with Crippen molar-refractivity contribution in [3.05, 3.63) is 99.1 Å². The average Bonchev–Trinajstić information content (AvgIpc) is 3.63. The summed E-state index contributed by atoms with van der Waals surface area (Å²) < 4.78 is 0. The Morgan fingerprint density at radius 1 is 1.00 bits per heavy atom. The molecule has 4 heterocycles. The van der Waals surface area contributed by atoms with Crippen molar-refractivity contribution >= 4 is 34.7 Å². The van der Waals surface area contributed by atoms with Crippen LogP contribution in [0.15, 0.2) is 66.7 Å². The highest BCUT2D eigenvalue weighted by Gasteiger charge is 2.78. The van der Waals surface area contributed by atoms with Crippen molar-refractivity contribution < 1.29 is 19.3 Å². The van der Waals surface area contributed by atoms with Crippen LogP contribution in [-0.2, 0) is 20.5 Å². The maximum atomic E-state index is 14.8. The van der Waals surface area contributed by atoms with E-state index in [2.05, 4.69) is 15.5 Å². The molecule has 0 radical (unpaired) electrons. The van der Waals surface area contributed by atoms with Crippen LogP contribution in [0.3, 0.4) is 0 Å². The molecule has 2 fully saturated rings. The van der Waals surface area contributed by atoms with E-state index in [1.54, 1.807) is 0 Å². The fourth-order valence-electron chi connectivity index (χ4n) is 7.66. The maximum absolute atomic E-state index is 14.8. The number of nitro benzene ring substituents is 1. The lowest BCUT2D eigenvalue weighted by Crippen LogP contribution is -2.55. The van der Waals surface area contributed by atoms with Crippen LogP contribution in [0.2, 0.25) is 0 Å². The Morgan fingerprint density at radius 2 is 1.76 bits per heavy atom. The molecule has 0 aromatic heterocycles. The van der Waals surface area contributed by atoms with Gasteiger partial charge in [-0.15, -0.1) is 0 Å². The Hall–Kier alpha value is -4.37. The molecule has 38 heavy (non-hydrogen) atoms. The van der Waals surface area contributed by atoms with Gasteiger partial charge in [-0.05, 0) is 43.5 Å². The molecule has 2 N–H and O–H groups in total. The minimum absolute atomic E-state index is 0.107. The summed E-state index contributed by atoms with van der Waals surface area (Å²) in [7, 11) is 0. The molecular formula is C29H24N4O5. The standard InChI is InChI=1S/C29H24N4O5/c1-16-7-4-11-20-23(16)31-27(36)29(20)25(24(34)17-8-5-9-18(15-17)33(37)38)28(22-13-6-14-32(22)29)19-10-2-3-12-21(19)30-26(28)35/h2-5,7-12,15,22,25H,6,13-14H2,1H3,(H,30,35)(H,31,36)/t22-,25+,28+,29-/m0/s1. The first-order chi connectivity index (χ1) is 18.3. The SMILES string of the molecule is Cc1cccc2c1NC(=O)[C@@]21[C@H](C(=O)c2cccc([N+](=O)[O-])c2)[C@]2(C(=O)Nc3ccccc32)[C@@H]2CCCN21. The van der Waals surface area contributed by atoms with Crippen LogP contribution < -0.4 is 10.6 Å². The summed E-state index contributed by atoms with van der Waals surface area (Å²) in [5.41, 5.74) is 0.600. The normalized spacial score (nSPS) is 28.8. The maximum Gasteiger partial charge on any atom is 0.270 e. The molecule has 2 saturated heterocycles. The van der Waals surface area contributed by atoms with Crippen LogP contribution in [0.25, 0.3) is 0 Å².